The molecule has 0 heterocycles. The van der Waals surface area contributed by atoms with Crippen molar-refractivity contribution in [3.05, 3.63) is 0 Å². The molecule has 0 aliphatic carbocycles. The monoisotopic (exact) mass is 320 g/mol. The zero-order valence-corrected chi connectivity index (χ0v) is 9.93. The molecule has 0 N–H and O–H groups in total. The van der Waals surface area contributed by atoms with E-state index in [0.717, 1.165) is 0 Å². The van der Waals surface area contributed by atoms with Crippen LogP contribution in [0.25, 0.3) is 0 Å². The van der Waals surface area contributed by atoms with E-state index in [9.17, 15) is 0 Å². The van der Waals surface area contributed by atoms with Crippen molar-refractivity contribution >= 4 is 18.4 Å². The molecule has 3 heteroatoms. The third-order valence-electron chi connectivity index (χ3n) is 0.420. The molecule has 8 heavy (non-hydrogen) atoms. The number of halogens is 2. The Morgan fingerprint density at radius 3 is 1.62 bits per heavy atom. The van der Waals surface area contributed by atoms with Gasteiger partial charge >= 0.3 is 64.2 Å². The maximum absolute atomic E-state index is 5.62. The molecule has 0 aliphatic heterocycles. The molecule has 0 rings (SSSR count). The normalized spacial score (nSPS) is 10.6. The van der Waals surface area contributed by atoms with Gasteiger partial charge < -0.3 is 0 Å². The third kappa shape index (κ3) is 7.10. The predicted octanol–water partition coefficient (Wildman–Crippen LogP) is 2.92. The van der Waals surface area contributed by atoms with E-state index in [1.807, 2.05) is 0 Å². The van der Waals surface area contributed by atoms with Crippen LogP contribution in [-0.2, 0) is 15.6 Å². The Labute approximate surface area is 64.0 Å². The van der Waals surface area contributed by atoms with Crippen LogP contribution in [0.15, 0.2) is 0 Å². The predicted molar refractivity (Wildman–Crippen MR) is 35.0 cm³/mol. The van der Waals surface area contributed by atoms with Gasteiger partial charge in [-0.05, 0) is 0 Å². The van der Waals surface area contributed by atoms with Gasteiger partial charge in [0.15, 0.2) is 0 Å². The van der Waals surface area contributed by atoms with Crippen LogP contribution in [0.3, 0.4) is 0 Å². The van der Waals surface area contributed by atoms with E-state index in [1.54, 1.807) is 0 Å². The minimum atomic E-state index is -2.13. The van der Waals surface area contributed by atoms with Crippen LogP contribution >= 0.6 is 18.4 Å². The van der Waals surface area contributed by atoms with Gasteiger partial charge in [0.2, 0.25) is 0 Å². The Morgan fingerprint density at radius 2 is 1.62 bits per heavy atom. The van der Waals surface area contributed by atoms with Crippen LogP contribution in [0.2, 0.25) is 0 Å². The molecular weight excluding hydrogens is 312 g/mol. The second-order valence-electron chi connectivity index (χ2n) is 2.59. The summed E-state index contributed by atoms with van der Waals surface area (Å²) in [5.41, 5.74) is 0.0986. The van der Waals surface area contributed by atoms with Gasteiger partial charge in [0.25, 0.3) is 0 Å². The van der Waals surface area contributed by atoms with Crippen molar-refractivity contribution < 1.29 is 15.6 Å². The van der Waals surface area contributed by atoms with Gasteiger partial charge in [-0.3, -0.25) is 0 Å². The summed E-state index contributed by atoms with van der Waals surface area (Å²) in [6.07, 6.45) is 0. The number of rotatable bonds is 0. The molecule has 0 bridgehead atoms. The Kier molecular flexibility index (Phi) is 3.77. The molecule has 0 atom stereocenters. The minimum absolute atomic E-state index is 0.0986. The first-order valence-electron chi connectivity index (χ1n) is 2.31. The summed E-state index contributed by atoms with van der Waals surface area (Å²) in [7, 11) is 11.2. The summed E-state index contributed by atoms with van der Waals surface area (Å²) in [4.78, 5) is 0. The second-order valence-corrected chi connectivity index (χ2v) is 12.0. The molecular formula is C5H9Cl2Ta. The van der Waals surface area contributed by atoms with Crippen molar-refractivity contribution in [2.75, 3.05) is 0 Å². The van der Waals surface area contributed by atoms with E-state index in [1.165, 1.54) is 0 Å². The van der Waals surface area contributed by atoms with Crippen LogP contribution in [0.5, 0.6) is 0 Å². The molecule has 0 fully saturated rings. The summed E-state index contributed by atoms with van der Waals surface area (Å²) in [5, 5.41) is 0. The molecule has 0 nitrogen and oxygen atoms in total. The van der Waals surface area contributed by atoms with E-state index in [4.69, 9.17) is 18.4 Å². The molecule has 0 aromatic rings. The van der Waals surface area contributed by atoms with Crippen LogP contribution in [0.4, 0.5) is 0 Å². The topological polar surface area (TPSA) is 0 Å². The summed E-state index contributed by atoms with van der Waals surface area (Å²) in [6.45, 7) is 6.17. The first kappa shape index (κ1) is 9.10. The van der Waals surface area contributed by atoms with Gasteiger partial charge in [-0.15, -0.1) is 0 Å². The fourth-order valence-corrected chi connectivity index (χ4v) is 6.23. The van der Waals surface area contributed by atoms with Crippen LogP contribution in [0.1, 0.15) is 20.8 Å². The Hall–Kier alpha value is 1.10. The summed E-state index contributed by atoms with van der Waals surface area (Å²) in [6, 6.07) is 0. The van der Waals surface area contributed by atoms with Gasteiger partial charge in [0.1, 0.15) is 0 Å². The van der Waals surface area contributed by atoms with Crippen LogP contribution < -0.4 is 0 Å². The van der Waals surface area contributed by atoms with Crippen LogP contribution in [0, 0.1) is 9.44 Å². The van der Waals surface area contributed by atoms with Gasteiger partial charge in [-0.25, -0.2) is 0 Å². The average Bonchev–Trinajstić information content (AvgIpc) is 1.21. The van der Waals surface area contributed by atoms with Crippen molar-refractivity contribution in [1.29, 1.82) is 0 Å². The summed E-state index contributed by atoms with van der Waals surface area (Å²) in [5.74, 6) is 0. The molecule has 0 aliphatic rings. The van der Waals surface area contributed by atoms with Crippen molar-refractivity contribution in [3.63, 3.8) is 0 Å². The average molecular weight is 321 g/mol. The standard InChI is InChI=1S/C5H9.2ClH.Ta/c1-5(2,3)4;;;/h1-3H3;2*1H;/q;;;+2/p-2. The van der Waals surface area contributed by atoms with E-state index in [-0.39, 0.29) is 5.41 Å². The zero-order chi connectivity index (χ0) is 6.78. The molecule has 0 radical (unpaired) electrons. The Morgan fingerprint density at radius 1 is 1.25 bits per heavy atom. The van der Waals surface area contributed by atoms with Gasteiger partial charge in [0.05, 0.1) is 0 Å². The Balaban J connectivity index is 4.09. The van der Waals surface area contributed by atoms with E-state index >= 15 is 0 Å². The fraction of sp³-hybridized carbons (Fsp3) is 0.800. The third-order valence-corrected chi connectivity index (χ3v) is 4.82. The van der Waals surface area contributed by atoms with Gasteiger partial charge in [-0.2, -0.15) is 0 Å². The zero-order valence-electron chi connectivity index (χ0n) is 5.20. The van der Waals surface area contributed by atoms with E-state index in [2.05, 4.69) is 24.8 Å². The van der Waals surface area contributed by atoms with E-state index < -0.39 is 15.6 Å². The molecule has 0 saturated heterocycles. The quantitative estimate of drug-likeness (QED) is 0.644. The molecule has 0 aromatic carbocycles. The van der Waals surface area contributed by atoms with Gasteiger partial charge in [0, 0.05) is 0 Å². The van der Waals surface area contributed by atoms with Crippen molar-refractivity contribution in [2.45, 2.75) is 20.8 Å². The molecule has 0 amide bonds. The number of hydrogen-bond acceptors (Lipinski definition) is 0. The molecule has 0 saturated carbocycles. The summed E-state index contributed by atoms with van der Waals surface area (Å²) < 4.78 is 3.12. The number of hydrogen-bond donors (Lipinski definition) is 0. The van der Waals surface area contributed by atoms with Crippen LogP contribution in [-0.4, -0.2) is 0 Å². The van der Waals surface area contributed by atoms with Crippen molar-refractivity contribution in [2.24, 2.45) is 5.41 Å². The van der Waals surface area contributed by atoms with E-state index in [0.29, 0.717) is 0 Å². The first-order valence-corrected chi connectivity index (χ1v) is 11.9. The first-order chi connectivity index (χ1) is 3.42. The summed E-state index contributed by atoms with van der Waals surface area (Å²) >= 11 is -2.13. The molecule has 0 unspecified atom stereocenters. The molecule has 0 aromatic heterocycles. The Bertz CT molecular complexity index is 137. The molecule has 0 spiro atoms. The van der Waals surface area contributed by atoms with Gasteiger partial charge in [-0.1, -0.05) is 0 Å². The maximum atomic E-state index is 5.62. The van der Waals surface area contributed by atoms with Crippen molar-refractivity contribution in [3.8, 4) is 4.03 Å². The second kappa shape index (κ2) is 3.31. The molecule has 48 valence electrons. The SMILES string of the molecule is CC(C)(C)[C]#[Ta]([Cl])[Cl]. The van der Waals surface area contributed by atoms with Crippen molar-refractivity contribution in [1.82, 2.24) is 0 Å². The fourth-order valence-electron chi connectivity index (χ4n) is 0.254.